The number of aryl methyl sites for hydroxylation is 1. The number of carbonyl (C=O) groups excluding carboxylic acids is 1. The van der Waals surface area contributed by atoms with Gasteiger partial charge in [0.15, 0.2) is 11.6 Å². The molecule has 0 bridgehead atoms. The van der Waals surface area contributed by atoms with E-state index in [4.69, 9.17) is 0 Å². The molecule has 0 radical (unpaired) electrons. The van der Waals surface area contributed by atoms with E-state index >= 15 is 0 Å². The number of benzene rings is 1. The van der Waals surface area contributed by atoms with Gasteiger partial charge in [-0.2, -0.15) is 0 Å². The third-order valence-electron chi connectivity index (χ3n) is 4.94. The molecule has 3 aromatic rings. The maximum absolute atomic E-state index is 12.2. The Morgan fingerprint density at radius 2 is 1.72 bits per heavy atom. The second-order valence-corrected chi connectivity index (χ2v) is 7.15. The van der Waals surface area contributed by atoms with E-state index in [1.807, 2.05) is 67.7 Å². The first-order chi connectivity index (χ1) is 14.2. The molecule has 2 aromatic heterocycles. The van der Waals surface area contributed by atoms with Crippen LogP contribution < -0.4 is 15.1 Å². The summed E-state index contributed by atoms with van der Waals surface area (Å²) in [7, 11) is 0. The van der Waals surface area contributed by atoms with Crippen LogP contribution in [0.5, 0.6) is 0 Å². The summed E-state index contributed by atoms with van der Waals surface area (Å²) in [5, 5.41) is 11.3. The molecule has 0 spiro atoms. The molecule has 1 aliphatic rings. The summed E-state index contributed by atoms with van der Waals surface area (Å²) in [6, 6.07) is 17.6. The minimum atomic E-state index is -0.0957. The Morgan fingerprint density at radius 3 is 2.38 bits per heavy atom. The third kappa shape index (κ3) is 4.87. The molecule has 3 heterocycles. The number of amides is 1. The van der Waals surface area contributed by atoms with Crippen molar-refractivity contribution in [3.05, 3.63) is 71.9 Å². The zero-order valence-electron chi connectivity index (χ0n) is 16.5. The van der Waals surface area contributed by atoms with E-state index in [-0.39, 0.29) is 5.91 Å². The van der Waals surface area contributed by atoms with Crippen LogP contribution in [0.3, 0.4) is 0 Å². The highest BCUT2D eigenvalue weighted by Gasteiger charge is 2.19. The van der Waals surface area contributed by atoms with Crippen LogP contribution >= 0.6 is 0 Å². The highest BCUT2D eigenvalue weighted by atomic mass is 16.1. The fourth-order valence-electron chi connectivity index (χ4n) is 3.46. The van der Waals surface area contributed by atoms with Gasteiger partial charge in [0.25, 0.3) is 0 Å². The van der Waals surface area contributed by atoms with Crippen molar-refractivity contribution in [1.82, 2.24) is 15.2 Å². The van der Waals surface area contributed by atoms with Gasteiger partial charge in [-0.3, -0.25) is 4.79 Å². The molecule has 29 heavy (non-hydrogen) atoms. The van der Waals surface area contributed by atoms with Crippen LogP contribution in [0.4, 0.5) is 17.5 Å². The molecule has 1 N–H and O–H groups in total. The van der Waals surface area contributed by atoms with Crippen LogP contribution in [-0.2, 0) is 11.2 Å². The lowest BCUT2D eigenvalue weighted by Gasteiger charge is -2.35. The molecule has 148 valence electrons. The normalized spacial score (nSPS) is 14.0. The predicted molar refractivity (Wildman–Crippen MR) is 114 cm³/mol. The van der Waals surface area contributed by atoms with Crippen molar-refractivity contribution in [2.45, 2.75) is 13.3 Å². The average Bonchev–Trinajstić information content (AvgIpc) is 2.75. The molecule has 0 atom stereocenters. The van der Waals surface area contributed by atoms with Crippen molar-refractivity contribution in [3.8, 4) is 0 Å². The fourth-order valence-corrected chi connectivity index (χ4v) is 3.46. The third-order valence-corrected chi connectivity index (χ3v) is 4.94. The van der Waals surface area contributed by atoms with Crippen LogP contribution in [0.25, 0.3) is 0 Å². The van der Waals surface area contributed by atoms with E-state index in [2.05, 4.69) is 30.3 Å². The summed E-state index contributed by atoms with van der Waals surface area (Å²) >= 11 is 0. The summed E-state index contributed by atoms with van der Waals surface area (Å²) < 4.78 is 0. The molecule has 1 aliphatic heterocycles. The second kappa shape index (κ2) is 8.68. The summed E-state index contributed by atoms with van der Waals surface area (Å²) in [6.45, 7) is 5.48. The smallest absolute Gasteiger partial charge is 0.229 e. The van der Waals surface area contributed by atoms with Crippen LogP contribution in [0.2, 0.25) is 0 Å². The Morgan fingerprint density at radius 1 is 0.931 bits per heavy atom. The largest absolute Gasteiger partial charge is 0.353 e. The van der Waals surface area contributed by atoms with E-state index in [0.29, 0.717) is 12.2 Å². The summed E-state index contributed by atoms with van der Waals surface area (Å²) in [6.07, 6.45) is 2.14. The Balaban J connectivity index is 1.31. The number of aromatic nitrogens is 3. The molecule has 1 amide bonds. The average molecular weight is 388 g/mol. The number of anilines is 3. The van der Waals surface area contributed by atoms with Crippen molar-refractivity contribution in [2.75, 3.05) is 41.3 Å². The molecule has 0 unspecified atom stereocenters. The number of nitrogens with zero attached hydrogens (tertiary/aromatic N) is 5. The molecule has 0 aliphatic carbocycles. The Bertz CT molecular complexity index is 953. The van der Waals surface area contributed by atoms with Gasteiger partial charge >= 0.3 is 0 Å². The van der Waals surface area contributed by atoms with Crippen molar-refractivity contribution < 1.29 is 4.79 Å². The summed E-state index contributed by atoms with van der Waals surface area (Å²) in [4.78, 5) is 21.1. The number of pyridine rings is 1. The standard InChI is InChI=1S/C22H24N6O/c1-17-5-4-6-18(15-17)16-22(29)24-19-8-9-21(26-25-19)28-13-11-27(12-14-28)20-7-2-3-10-23-20/h2-10,15H,11-14,16H2,1H3,(H,24,25,29). The molecule has 1 saturated heterocycles. The highest BCUT2D eigenvalue weighted by Crippen LogP contribution is 2.17. The molecule has 4 rings (SSSR count). The number of hydrogen-bond acceptors (Lipinski definition) is 6. The van der Waals surface area contributed by atoms with E-state index in [9.17, 15) is 4.79 Å². The number of piperazine rings is 1. The maximum atomic E-state index is 12.2. The first-order valence-corrected chi connectivity index (χ1v) is 9.77. The first-order valence-electron chi connectivity index (χ1n) is 9.77. The Hall–Kier alpha value is -3.48. The number of hydrogen-bond donors (Lipinski definition) is 1. The molecule has 1 fully saturated rings. The van der Waals surface area contributed by atoms with Gasteiger partial charge < -0.3 is 15.1 Å². The molecule has 1 aromatic carbocycles. The van der Waals surface area contributed by atoms with Gasteiger partial charge in [0.2, 0.25) is 5.91 Å². The maximum Gasteiger partial charge on any atom is 0.229 e. The van der Waals surface area contributed by atoms with Gasteiger partial charge in [0, 0.05) is 32.4 Å². The Labute approximate surface area is 170 Å². The molecular formula is C22H24N6O. The fraction of sp³-hybridized carbons (Fsp3) is 0.273. The predicted octanol–water partition coefficient (Wildman–Crippen LogP) is 2.69. The van der Waals surface area contributed by atoms with Gasteiger partial charge in [0.05, 0.1) is 6.42 Å². The van der Waals surface area contributed by atoms with E-state index in [0.717, 1.165) is 48.9 Å². The molecule has 7 nitrogen and oxygen atoms in total. The minimum absolute atomic E-state index is 0.0957. The minimum Gasteiger partial charge on any atom is -0.353 e. The van der Waals surface area contributed by atoms with E-state index in [1.165, 1.54) is 0 Å². The van der Waals surface area contributed by atoms with Crippen LogP contribution in [0, 0.1) is 6.92 Å². The topological polar surface area (TPSA) is 74.2 Å². The zero-order chi connectivity index (χ0) is 20.1. The highest BCUT2D eigenvalue weighted by molar-refractivity contribution is 5.91. The van der Waals surface area contributed by atoms with Crippen LogP contribution in [-0.4, -0.2) is 47.3 Å². The van der Waals surface area contributed by atoms with Gasteiger partial charge in [-0.25, -0.2) is 4.98 Å². The monoisotopic (exact) mass is 388 g/mol. The molecule has 0 saturated carbocycles. The number of rotatable bonds is 5. The summed E-state index contributed by atoms with van der Waals surface area (Å²) in [5.41, 5.74) is 2.13. The number of nitrogens with one attached hydrogen (secondary N) is 1. The van der Waals surface area contributed by atoms with Crippen molar-refractivity contribution >= 4 is 23.4 Å². The lowest BCUT2D eigenvalue weighted by molar-refractivity contribution is -0.115. The van der Waals surface area contributed by atoms with Gasteiger partial charge in [-0.05, 0) is 36.8 Å². The molecule has 7 heteroatoms. The second-order valence-electron chi connectivity index (χ2n) is 7.15. The molecular weight excluding hydrogens is 364 g/mol. The lowest BCUT2D eigenvalue weighted by Crippen LogP contribution is -2.47. The lowest BCUT2D eigenvalue weighted by atomic mass is 10.1. The van der Waals surface area contributed by atoms with Gasteiger partial charge in [-0.1, -0.05) is 35.9 Å². The van der Waals surface area contributed by atoms with Crippen molar-refractivity contribution in [3.63, 3.8) is 0 Å². The Kier molecular flexibility index (Phi) is 5.65. The van der Waals surface area contributed by atoms with E-state index in [1.54, 1.807) is 0 Å². The van der Waals surface area contributed by atoms with Gasteiger partial charge in [-0.15, -0.1) is 10.2 Å². The van der Waals surface area contributed by atoms with Crippen molar-refractivity contribution in [1.29, 1.82) is 0 Å². The zero-order valence-corrected chi connectivity index (χ0v) is 16.5. The number of carbonyl (C=O) groups is 1. The quantitative estimate of drug-likeness (QED) is 0.724. The van der Waals surface area contributed by atoms with Crippen molar-refractivity contribution in [2.24, 2.45) is 0 Å². The van der Waals surface area contributed by atoms with Crippen LogP contribution in [0.15, 0.2) is 60.8 Å². The first kappa shape index (κ1) is 18.9. The summed E-state index contributed by atoms with van der Waals surface area (Å²) in [5.74, 6) is 2.20. The van der Waals surface area contributed by atoms with E-state index < -0.39 is 0 Å². The van der Waals surface area contributed by atoms with Gasteiger partial charge in [0.1, 0.15) is 5.82 Å². The SMILES string of the molecule is Cc1cccc(CC(=O)Nc2ccc(N3CCN(c4ccccn4)CC3)nn2)c1. The van der Waals surface area contributed by atoms with Crippen LogP contribution in [0.1, 0.15) is 11.1 Å².